The molecule has 0 saturated carbocycles. The van der Waals surface area contributed by atoms with Gasteiger partial charge in [0, 0.05) is 11.1 Å². The number of aryl methyl sites for hydroxylation is 1. The van der Waals surface area contributed by atoms with Crippen LogP contribution in [0.25, 0.3) is 11.3 Å². The van der Waals surface area contributed by atoms with Crippen LogP contribution in [-0.2, 0) is 19.4 Å². The van der Waals surface area contributed by atoms with E-state index >= 15 is 0 Å². The molecule has 2 aromatic rings. The average molecular weight is 242 g/mol. The minimum absolute atomic E-state index is 0.927. The Balaban J connectivity index is 2.05. The summed E-state index contributed by atoms with van der Waals surface area (Å²) in [6.07, 6.45) is 2.24. The molecule has 0 spiro atoms. The van der Waals surface area contributed by atoms with Crippen molar-refractivity contribution in [2.24, 2.45) is 0 Å². The molecule has 0 bridgehead atoms. The van der Waals surface area contributed by atoms with E-state index < -0.39 is 0 Å². The number of aromatic amines is 1. The summed E-state index contributed by atoms with van der Waals surface area (Å²) in [5.41, 5.74) is 6.62. The monoisotopic (exact) mass is 242 g/mol. The maximum Gasteiger partial charge on any atom is 0.121 e. The first-order chi connectivity index (χ1) is 8.54. The van der Waals surface area contributed by atoms with Gasteiger partial charge in [0.05, 0.1) is 32.5 Å². The molecule has 0 amide bonds. The van der Waals surface area contributed by atoms with E-state index in [1.807, 2.05) is 0 Å². The van der Waals surface area contributed by atoms with Gasteiger partial charge in [0.1, 0.15) is 6.54 Å². The molecule has 1 N–H and O–H groups in total. The molecule has 18 heavy (non-hydrogen) atoms. The Hall–Kier alpha value is -1.61. The van der Waals surface area contributed by atoms with Gasteiger partial charge in [-0.05, 0) is 18.4 Å². The van der Waals surface area contributed by atoms with Crippen LogP contribution in [0.4, 0.5) is 0 Å². The molecule has 3 rings (SSSR count). The summed E-state index contributed by atoms with van der Waals surface area (Å²) in [6.45, 7) is 1.00. The third-order valence-electron chi connectivity index (χ3n) is 3.50. The highest BCUT2D eigenvalue weighted by molar-refractivity contribution is 5.70. The quantitative estimate of drug-likeness (QED) is 0.805. The van der Waals surface area contributed by atoms with E-state index in [2.05, 4.69) is 55.6 Å². The van der Waals surface area contributed by atoms with Crippen molar-refractivity contribution in [3.8, 4) is 11.3 Å². The molecule has 1 heterocycles. The fraction of sp³-hybridized carbons (Fsp3) is 0.400. The van der Waals surface area contributed by atoms with Gasteiger partial charge in [-0.1, -0.05) is 24.3 Å². The maximum atomic E-state index is 4.55. The van der Waals surface area contributed by atoms with E-state index in [0.717, 1.165) is 23.9 Å². The van der Waals surface area contributed by atoms with Crippen molar-refractivity contribution in [2.75, 3.05) is 21.1 Å². The minimum Gasteiger partial charge on any atom is -0.326 e. The molecular weight excluding hydrogens is 222 g/mol. The van der Waals surface area contributed by atoms with Crippen LogP contribution in [0.2, 0.25) is 0 Å². The summed E-state index contributed by atoms with van der Waals surface area (Å²) in [5.74, 6) is 0. The number of nitrogens with zero attached hydrogens (tertiary/aromatic N) is 2. The van der Waals surface area contributed by atoms with E-state index in [9.17, 15) is 0 Å². The average Bonchev–Trinajstić information content (AvgIpc) is 2.71. The Kier molecular flexibility index (Phi) is 2.52. The third kappa shape index (κ3) is 1.95. The predicted octanol–water partition coefficient (Wildman–Crippen LogP) is 2.38. The normalized spacial score (nSPS) is 14.2. The molecule has 0 atom stereocenters. The number of aromatic nitrogens is 2. The maximum absolute atomic E-state index is 4.55. The molecule has 0 radical (unpaired) electrons. The molecule has 3 nitrogen and oxygen atoms in total. The molecule has 0 unspecified atom stereocenters. The number of hydrogen-bond donors (Lipinski definition) is 1. The minimum atomic E-state index is 0.927. The SMILES string of the molecule is C[N+](C)(C)Cc1[nH]nc2c1CCc1ccccc1-2. The van der Waals surface area contributed by atoms with Gasteiger partial charge in [0.2, 0.25) is 0 Å². The van der Waals surface area contributed by atoms with Crippen LogP contribution < -0.4 is 0 Å². The lowest BCUT2D eigenvalue weighted by Gasteiger charge is -2.24. The number of benzene rings is 1. The highest BCUT2D eigenvalue weighted by atomic mass is 15.3. The van der Waals surface area contributed by atoms with Crippen molar-refractivity contribution >= 4 is 0 Å². The summed E-state index contributed by atoms with van der Waals surface area (Å²) < 4.78 is 0.927. The Morgan fingerprint density at radius 3 is 2.72 bits per heavy atom. The lowest BCUT2D eigenvalue weighted by atomic mass is 9.89. The van der Waals surface area contributed by atoms with Gasteiger partial charge in [-0.15, -0.1) is 0 Å². The molecule has 94 valence electrons. The molecule has 0 aliphatic heterocycles. The number of nitrogens with one attached hydrogen (secondary N) is 1. The van der Waals surface area contributed by atoms with Crippen molar-refractivity contribution in [1.29, 1.82) is 0 Å². The zero-order valence-corrected chi connectivity index (χ0v) is 11.3. The number of H-pyrrole nitrogens is 1. The Morgan fingerprint density at radius 2 is 1.94 bits per heavy atom. The van der Waals surface area contributed by atoms with Gasteiger partial charge in [-0.2, -0.15) is 5.10 Å². The van der Waals surface area contributed by atoms with Gasteiger partial charge in [0.25, 0.3) is 0 Å². The number of hydrogen-bond acceptors (Lipinski definition) is 1. The van der Waals surface area contributed by atoms with Crippen LogP contribution in [0.1, 0.15) is 16.8 Å². The second kappa shape index (κ2) is 3.95. The van der Waals surface area contributed by atoms with Crippen LogP contribution in [0, 0.1) is 0 Å². The van der Waals surface area contributed by atoms with Crippen LogP contribution in [0.15, 0.2) is 24.3 Å². The second-order valence-corrected chi connectivity index (χ2v) is 6.13. The van der Waals surface area contributed by atoms with Crippen LogP contribution >= 0.6 is 0 Å². The van der Waals surface area contributed by atoms with Gasteiger partial charge in [0.15, 0.2) is 0 Å². The summed E-state index contributed by atoms with van der Waals surface area (Å²) >= 11 is 0. The van der Waals surface area contributed by atoms with E-state index in [4.69, 9.17) is 0 Å². The summed E-state index contributed by atoms with van der Waals surface area (Å²) in [4.78, 5) is 0. The standard InChI is InChI=1S/C15H20N3/c1-18(2,3)10-14-13-9-8-11-6-4-5-7-12(11)15(13)17-16-14/h4-7H,8-10H2,1-3H3,(H,16,17)/q+1. The summed E-state index contributed by atoms with van der Waals surface area (Å²) in [6, 6.07) is 8.61. The molecule has 0 fully saturated rings. The van der Waals surface area contributed by atoms with Crippen molar-refractivity contribution in [3.63, 3.8) is 0 Å². The fourth-order valence-corrected chi connectivity index (χ4v) is 2.73. The number of quaternary nitrogens is 1. The van der Waals surface area contributed by atoms with E-state index in [1.165, 1.54) is 28.1 Å². The summed E-state index contributed by atoms with van der Waals surface area (Å²) in [5, 5.41) is 7.80. The van der Waals surface area contributed by atoms with E-state index in [0.29, 0.717) is 0 Å². The highest BCUT2D eigenvalue weighted by Gasteiger charge is 2.24. The zero-order valence-electron chi connectivity index (χ0n) is 11.3. The van der Waals surface area contributed by atoms with Gasteiger partial charge in [-0.3, -0.25) is 5.10 Å². The molecule has 1 aliphatic rings. The first kappa shape index (κ1) is 11.5. The van der Waals surface area contributed by atoms with Gasteiger partial charge in [-0.25, -0.2) is 0 Å². The first-order valence-corrected chi connectivity index (χ1v) is 6.49. The van der Waals surface area contributed by atoms with E-state index in [1.54, 1.807) is 0 Å². The predicted molar refractivity (Wildman–Crippen MR) is 73.2 cm³/mol. The van der Waals surface area contributed by atoms with Gasteiger partial charge >= 0.3 is 0 Å². The topological polar surface area (TPSA) is 28.7 Å². The highest BCUT2D eigenvalue weighted by Crippen LogP contribution is 2.33. The molecule has 0 saturated heterocycles. The Labute approximate surface area is 108 Å². The van der Waals surface area contributed by atoms with Crippen LogP contribution in [0.5, 0.6) is 0 Å². The van der Waals surface area contributed by atoms with E-state index in [-0.39, 0.29) is 0 Å². The fourth-order valence-electron chi connectivity index (χ4n) is 2.73. The van der Waals surface area contributed by atoms with Crippen LogP contribution in [0.3, 0.4) is 0 Å². The lowest BCUT2D eigenvalue weighted by Crippen LogP contribution is -2.34. The number of fused-ring (bicyclic) bond motifs is 3. The van der Waals surface area contributed by atoms with Crippen molar-refractivity contribution in [1.82, 2.24) is 10.2 Å². The zero-order chi connectivity index (χ0) is 12.8. The largest absolute Gasteiger partial charge is 0.326 e. The second-order valence-electron chi connectivity index (χ2n) is 6.13. The molecule has 3 heteroatoms. The number of rotatable bonds is 2. The summed E-state index contributed by atoms with van der Waals surface area (Å²) in [7, 11) is 6.64. The molecule has 1 aromatic heterocycles. The first-order valence-electron chi connectivity index (χ1n) is 6.49. The Bertz CT molecular complexity index is 576. The van der Waals surface area contributed by atoms with Crippen molar-refractivity contribution < 1.29 is 4.48 Å². The van der Waals surface area contributed by atoms with Gasteiger partial charge < -0.3 is 4.48 Å². The Morgan fingerprint density at radius 1 is 1.17 bits per heavy atom. The molecule has 1 aromatic carbocycles. The smallest absolute Gasteiger partial charge is 0.121 e. The van der Waals surface area contributed by atoms with Crippen molar-refractivity contribution in [2.45, 2.75) is 19.4 Å². The molecule has 1 aliphatic carbocycles. The lowest BCUT2D eigenvalue weighted by molar-refractivity contribution is -0.884. The third-order valence-corrected chi connectivity index (χ3v) is 3.50. The molecular formula is C15H20N3+. The van der Waals surface area contributed by atoms with Crippen LogP contribution in [-0.4, -0.2) is 35.8 Å². The van der Waals surface area contributed by atoms with Crippen molar-refractivity contribution in [3.05, 3.63) is 41.1 Å².